The zero-order chi connectivity index (χ0) is 12.1. The summed E-state index contributed by atoms with van der Waals surface area (Å²) < 4.78 is 5.24. The average molecular weight is 248 g/mol. The lowest BCUT2D eigenvalue weighted by molar-refractivity contribution is 0.414. The highest BCUT2D eigenvalue weighted by Crippen LogP contribution is 2.27. The third kappa shape index (κ3) is 2.86. The first-order chi connectivity index (χ1) is 8.35. The molecule has 1 aromatic carbocycles. The van der Waals surface area contributed by atoms with Crippen molar-refractivity contribution in [1.82, 2.24) is 0 Å². The molecule has 2 rings (SSSR count). The van der Waals surface area contributed by atoms with E-state index in [9.17, 15) is 0 Å². The SMILES string of the molecule is COc1ccc(C#N)c(N2CCCSCC2)c1. The molecule has 0 aliphatic carbocycles. The summed E-state index contributed by atoms with van der Waals surface area (Å²) in [7, 11) is 1.66. The molecule has 17 heavy (non-hydrogen) atoms. The maximum Gasteiger partial charge on any atom is 0.121 e. The van der Waals surface area contributed by atoms with Crippen LogP contribution in [0.1, 0.15) is 12.0 Å². The van der Waals surface area contributed by atoms with Crippen molar-refractivity contribution < 1.29 is 4.74 Å². The summed E-state index contributed by atoms with van der Waals surface area (Å²) >= 11 is 1.98. The Hall–Kier alpha value is -1.34. The van der Waals surface area contributed by atoms with Crippen LogP contribution in [0, 0.1) is 11.3 Å². The first-order valence-corrected chi connectivity index (χ1v) is 6.91. The number of benzene rings is 1. The van der Waals surface area contributed by atoms with Gasteiger partial charge >= 0.3 is 0 Å². The maximum atomic E-state index is 9.16. The summed E-state index contributed by atoms with van der Waals surface area (Å²) in [6.07, 6.45) is 1.17. The minimum atomic E-state index is 0.734. The highest BCUT2D eigenvalue weighted by molar-refractivity contribution is 7.99. The fourth-order valence-corrected chi connectivity index (χ4v) is 2.87. The molecule has 1 fully saturated rings. The summed E-state index contributed by atoms with van der Waals surface area (Å²) in [4.78, 5) is 2.29. The molecule has 0 bridgehead atoms. The summed E-state index contributed by atoms with van der Waals surface area (Å²) in [5, 5.41) is 9.16. The first kappa shape index (κ1) is 12.1. The van der Waals surface area contributed by atoms with E-state index in [2.05, 4.69) is 11.0 Å². The van der Waals surface area contributed by atoms with E-state index in [1.165, 1.54) is 12.2 Å². The van der Waals surface area contributed by atoms with Gasteiger partial charge < -0.3 is 9.64 Å². The van der Waals surface area contributed by atoms with E-state index in [0.717, 1.165) is 35.8 Å². The topological polar surface area (TPSA) is 36.3 Å². The Bertz CT molecular complexity index is 420. The summed E-state index contributed by atoms with van der Waals surface area (Å²) in [5.41, 5.74) is 1.74. The molecule has 1 aromatic rings. The smallest absolute Gasteiger partial charge is 0.121 e. The first-order valence-electron chi connectivity index (χ1n) is 5.76. The van der Waals surface area contributed by atoms with Crippen molar-refractivity contribution in [2.75, 3.05) is 36.6 Å². The monoisotopic (exact) mass is 248 g/mol. The number of nitriles is 1. The third-order valence-electron chi connectivity index (χ3n) is 2.89. The van der Waals surface area contributed by atoms with Gasteiger partial charge in [-0.3, -0.25) is 0 Å². The average Bonchev–Trinajstić information content (AvgIpc) is 2.66. The lowest BCUT2D eigenvalue weighted by atomic mass is 10.1. The highest BCUT2D eigenvalue weighted by atomic mass is 32.2. The van der Waals surface area contributed by atoms with Gasteiger partial charge in [0.2, 0.25) is 0 Å². The van der Waals surface area contributed by atoms with E-state index in [4.69, 9.17) is 10.00 Å². The van der Waals surface area contributed by atoms with E-state index in [1.807, 2.05) is 30.0 Å². The summed E-state index contributed by atoms with van der Waals surface area (Å²) in [5.74, 6) is 3.15. The number of thioether (sulfide) groups is 1. The second-order valence-corrected chi connectivity index (χ2v) is 5.17. The van der Waals surface area contributed by atoms with Gasteiger partial charge in [0.25, 0.3) is 0 Å². The Kier molecular flexibility index (Phi) is 4.16. The number of anilines is 1. The van der Waals surface area contributed by atoms with Crippen molar-refractivity contribution in [3.8, 4) is 11.8 Å². The number of methoxy groups -OCH3 is 1. The van der Waals surface area contributed by atoms with Crippen LogP contribution in [-0.2, 0) is 0 Å². The van der Waals surface area contributed by atoms with E-state index >= 15 is 0 Å². The number of hydrogen-bond donors (Lipinski definition) is 0. The van der Waals surface area contributed by atoms with E-state index < -0.39 is 0 Å². The van der Waals surface area contributed by atoms with Crippen LogP contribution in [0.25, 0.3) is 0 Å². The molecule has 1 aliphatic rings. The van der Waals surface area contributed by atoms with E-state index in [-0.39, 0.29) is 0 Å². The largest absolute Gasteiger partial charge is 0.497 e. The number of ether oxygens (including phenoxy) is 1. The second-order valence-electron chi connectivity index (χ2n) is 3.95. The molecule has 1 saturated heterocycles. The van der Waals surface area contributed by atoms with Crippen LogP contribution in [0.5, 0.6) is 5.75 Å². The van der Waals surface area contributed by atoms with Crippen LogP contribution in [0.2, 0.25) is 0 Å². The van der Waals surface area contributed by atoms with Gasteiger partial charge in [-0.25, -0.2) is 0 Å². The van der Waals surface area contributed by atoms with Gasteiger partial charge in [0, 0.05) is 24.9 Å². The van der Waals surface area contributed by atoms with Gasteiger partial charge in [-0.1, -0.05) is 0 Å². The standard InChI is InChI=1S/C13H16N2OS/c1-16-12-4-3-11(10-14)13(9-12)15-5-2-7-17-8-6-15/h3-4,9H,2,5-8H2,1H3. The van der Waals surface area contributed by atoms with Gasteiger partial charge in [0.05, 0.1) is 18.4 Å². The zero-order valence-electron chi connectivity index (χ0n) is 9.98. The molecule has 1 heterocycles. The van der Waals surface area contributed by atoms with Crippen molar-refractivity contribution in [2.24, 2.45) is 0 Å². The molecule has 0 aromatic heterocycles. The molecular formula is C13H16N2OS. The molecular weight excluding hydrogens is 232 g/mol. The third-order valence-corrected chi connectivity index (χ3v) is 3.94. The minimum absolute atomic E-state index is 0.734. The van der Waals surface area contributed by atoms with Crippen LogP contribution < -0.4 is 9.64 Å². The Morgan fingerprint density at radius 1 is 1.35 bits per heavy atom. The van der Waals surface area contributed by atoms with Crippen LogP contribution in [0.15, 0.2) is 18.2 Å². The lowest BCUT2D eigenvalue weighted by Gasteiger charge is -2.23. The van der Waals surface area contributed by atoms with Crippen molar-refractivity contribution in [2.45, 2.75) is 6.42 Å². The zero-order valence-corrected chi connectivity index (χ0v) is 10.8. The van der Waals surface area contributed by atoms with Crippen LogP contribution in [-0.4, -0.2) is 31.7 Å². The molecule has 0 spiro atoms. The van der Waals surface area contributed by atoms with Gasteiger partial charge in [-0.15, -0.1) is 0 Å². The Labute approximate surface area is 106 Å². The number of hydrogen-bond acceptors (Lipinski definition) is 4. The van der Waals surface area contributed by atoms with E-state index in [1.54, 1.807) is 7.11 Å². The van der Waals surface area contributed by atoms with Crippen LogP contribution in [0.3, 0.4) is 0 Å². The number of nitrogens with zero attached hydrogens (tertiary/aromatic N) is 2. The molecule has 3 nitrogen and oxygen atoms in total. The molecule has 0 radical (unpaired) electrons. The van der Waals surface area contributed by atoms with E-state index in [0.29, 0.717) is 0 Å². The molecule has 0 atom stereocenters. The van der Waals surface area contributed by atoms with Crippen molar-refractivity contribution in [3.05, 3.63) is 23.8 Å². The minimum Gasteiger partial charge on any atom is -0.497 e. The summed E-state index contributed by atoms with van der Waals surface area (Å²) in [6, 6.07) is 7.91. The highest BCUT2D eigenvalue weighted by Gasteiger charge is 2.14. The van der Waals surface area contributed by atoms with Crippen molar-refractivity contribution in [1.29, 1.82) is 5.26 Å². The van der Waals surface area contributed by atoms with Crippen LogP contribution in [0.4, 0.5) is 5.69 Å². The summed E-state index contributed by atoms with van der Waals surface area (Å²) in [6.45, 7) is 2.03. The molecule has 0 N–H and O–H groups in total. The van der Waals surface area contributed by atoms with Gasteiger partial charge in [0.1, 0.15) is 11.8 Å². The van der Waals surface area contributed by atoms with Crippen molar-refractivity contribution in [3.63, 3.8) is 0 Å². The molecule has 0 amide bonds. The predicted octanol–water partition coefficient (Wildman–Crippen LogP) is 2.51. The Balaban J connectivity index is 2.30. The molecule has 1 aliphatic heterocycles. The van der Waals surface area contributed by atoms with Crippen molar-refractivity contribution >= 4 is 17.4 Å². The Morgan fingerprint density at radius 2 is 2.24 bits per heavy atom. The predicted molar refractivity (Wildman–Crippen MR) is 71.9 cm³/mol. The van der Waals surface area contributed by atoms with Gasteiger partial charge in [0.15, 0.2) is 0 Å². The Morgan fingerprint density at radius 3 is 3.00 bits per heavy atom. The normalized spacial score (nSPS) is 16.1. The van der Waals surface area contributed by atoms with Gasteiger partial charge in [-0.05, 0) is 24.3 Å². The molecule has 90 valence electrons. The molecule has 0 unspecified atom stereocenters. The quantitative estimate of drug-likeness (QED) is 0.805. The maximum absolute atomic E-state index is 9.16. The second kappa shape index (κ2) is 5.83. The molecule has 4 heteroatoms. The fraction of sp³-hybridized carbons (Fsp3) is 0.462. The molecule has 0 saturated carbocycles. The lowest BCUT2D eigenvalue weighted by Crippen LogP contribution is -2.26. The van der Waals surface area contributed by atoms with Crippen LogP contribution >= 0.6 is 11.8 Å². The van der Waals surface area contributed by atoms with Gasteiger partial charge in [-0.2, -0.15) is 17.0 Å². The fourth-order valence-electron chi connectivity index (χ4n) is 1.98. The number of rotatable bonds is 2.